The summed E-state index contributed by atoms with van der Waals surface area (Å²) in [5.74, 6) is -0.315. The fourth-order valence-corrected chi connectivity index (χ4v) is 4.80. The number of aromatic nitrogens is 2. The van der Waals surface area contributed by atoms with E-state index in [1.165, 1.54) is 30.1 Å². The Morgan fingerprint density at radius 2 is 2.03 bits per heavy atom. The number of aryl methyl sites for hydroxylation is 1. The van der Waals surface area contributed by atoms with E-state index >= 15 is 0 Å². The summed E-state index contributed by atoms with van der Waals surface area (Å²) < 4.78 is 26.6. The molecule has 1 unspecified atom stereocenters. The molecular weight excluding hydrogens is 442 g/mol. The van der Waals surface area contributed by atoms with Crippen LogP contribution in [0.1, 0.15) is 34.3 Å². The summed E-state index contributed by atoms with van der Waals surface area (Å²) in [5, 5.41) is 12.2. The second-order valence-electron chi connectivity index (χ2n) is 8.28. The third-order valence-corrected chi connectivity index (χ3v) is 8.16. The first-order valence-corrected chi connectivity index (χ1v) is 12.2. The minimum atomic E-state index is -2.77. The zero-order valence-electron chi connectivity index (χ0n) is 18.3. The third-order valence-electron chi connectivity index (χ3n) is 5.98. The molecule has 1 fully saturated rings. The van der Waals surface area contributed by atoms with Crippen LogP contribution in [0.25, 0.3) is 10.9 Å². The van der Waals surface area contributed by atoms with Crippen molar-refractivity contribution in [1.82, 2.24) is 14.9 Å². The molecule has 170 valence electrons. The van der Waals surface area contributed by atoms with Gasteiger partial charge in [-0.3, -0.25) is 14.4 Å². The van der Waals surface area contributed by atoms with E-state index in [-0.39, 0.29) is 24.6 Å². The number of ether oxygens (including phenoxy) is 1. The predicted octanol–water partition coefficient (Wildman–Crippen LogP) is 2.32. The Morgan fingerprint density at radius 3 is 2.64 bits per heavy atom. The number of hydrogen-bond acceptors (Lipinski definition) is 7. The van der Waals surface area contributed by atoms with Gasteiger partial charge in [0.1, 0.15) is 17.7 Å². The minimum absolute atomic E-state index is 0.0165. The van der Waals surface area contributed by atoms with Crippen LogP contribution in [0.3, 0.4) is 0 Å². The number of fused-ring (bicyclic) bond motifs is 1. The quantitative estimate of drug-likeness (QED) is 0.549. The molecule has 2 aromatic heterocycles. The number of carbonyl (C=O) groups excluding carboxylic acids is 1. The summed E-state index contributed by atoms with van der Waals surface area (Å²) >= 11 is 0. The highest BCUT2D eigenvalue weighted by Crippen LogP contribution is 2.44. The molecule has 4 rings (SSSR count). The molecule has 2 heterocycles. The SMILES string of the molecule is Cn1c(=O)c(C(=O)NCc2ccc(C#N)cc2)cc2ccnc(OCC3(S(C)(=N)=O)CC3)c21. The van der Waals surface area contributed by atoms with Gasteiger partial charge < -0.3 is 14.6 Å². The number of hydrogen-bond donors (Lipinski definition) is 2. The van der Waals surface area contributed by atoms with Crippen molar-refractivity contribution in [2.24, 2.45) is 7.05 Å². The smallest absolute Gasteiger partial charge is 0.263 e. The van der Waals surface area contributed by atoms with Crippen molar-refractivity contribution < 1.29 is 13.7 Å². The van der Waals surface area contributed by atoms with E-state index < -0.39 is 25.9 Å². The van der Waals surface area contributed by atoms with Crippen LogP contribution in [0.15, 0.2) is 47.4 Å². The van der Waals surface area contributed by atoms with Crippen molar-refractivity contribution in [2.45, 2.75) is 24.1 Å². The van der Waals surface area contributed by atoms with Crippen molar-refractivity contribution in [2.75, 3.05) is 12.9 Å². The van der Waals surface area contributed by atoms with Crippen LogP contribution in [-0.4, -0.2) is 37.3 Å². The molecule has 1 aliphatic carbocycles. The van der Waals surface area contributed by atoms with Gasteiger partial charge in [0.2, 0.25) is 5.88 Å². The Kier molecular flexibility index (Phi) is 5.68. The van der Waals surface area contributed by atoms with Gasteiger partial charge in [0.05, 0.1) is 26.1 Å². The van der Waals surface area contributed by atoms with E-state index in [9.17, 15) is 13.8 Å². The van der Waals surface area contributed by atoms with Crippen LogP contribution in [0.4, 0.5) is 0 Å². The highest BCUT2D eigenvalue weighted by atomic mass is 32.2. The van der Waals surface area contributed by atoms with Crippen molar-refractivity contribution in [3.8, 4) is 11.9 Å². The van der Waals surface area contributed by atoms with Crippen LogP contribution in [0.2, 0.25) is 0 Å². The fourth-order valence-electron chi connectivity index (χ4n) is 3.63. The highest BCUT2D eigenvalue weighted by molar-refractivity contribution is 7.93. The lowest BCUT2D eigenvalue weighted by Crippen LogP contribution is -2.32. The van der Waals surface area contributed by atoms with Gasteiger partial charge in [0, 0.05) is 31.4 Å². The average Bonchev–Trinajstić information content (AvgIpc) is 3.60. The minimum Gasteiger partial charge on any atom is -0.475 e. The number of nitriles is 1. The Hall–Kier alpha value is -3.71. The van der Waals surface area contributed by atoms with Crippen molar-refractivity contribution >= 4 is 26.5 Å². The lowest BCUT2D eigenvalue weighted by molar-refractivity contribution is 0.0949. The average molecular weight is 466 g/mol. The Bertz CT molecular complexity index is 1450. The molecule has 1 aromatic carbocycles. The van der Waals surface area contributed by atoms with E-state index in [4.69, 9.17) is 14.8 Å². The van der Waals surface area contributed by atoms with Crippen LogP contribution >= 0.6 is 0 Å². The molecule has 0 aliphatic heterocycles. The summed E-state index contributed by atoms with van der Waals surface area (Å²) in [6.07, 6.45) is 4.24. The Labute approximate surface area is 191 Å². The molecule has 0 spiro atoms. The summed E-state index contributed by atoms with van der Waals surface area (Å²) in [5.41, 5.74) is 1.23. The topological polar surface area (TPSA) is 138 Å². The first kappa shape index (κ1) is 22.5. The van der Waals surface area contributed by atoms with Gasteiger partial charge in [-0.25, -0.2) is 9.19 Å². The van der Waals surface area contributed by atoms with Crippen LogP contribution in [0.5, 0.6) is 5.88 Å². The third kappa shape index (κ3) is 4.32. The summed E-state index contributed by atoms with van der Waals surface area (Å²) in [6, 6.07) is 12.0. The lowest BCUT2D eigenvalue weighted by atomic mass is 10.1. The molecule has 2 N–H and O–H groups in total. The number of rotatable bonds is 7. The first-order chi connectivity index (χ1) is 15.6. The largest absolute Gasteiger partial charge is 0.475 e. The molecule has 1 amide bonds. The van der Waals surface area contributed by atoms with E-state index in [1.54, 1.807) is 30.3 Å². The van der Waals surface area contributed by atoms with E-state index in [2.05, 4.69) is 10.3 Å². The zero-order chi connectivity index (χ0) is 23.8. The zero-order valence-corrected chi connectivity index (χ0v) is 19.1. The number of benzene rings is 1. The number of carbonyl (C=O) groups is 1. The highest BCUT2D eigenvalue weighted by Gasteiger charge is 2.50. The van der Waals surface area contributed by atoms with E-state index in [0.717, 1.165) is 5.56 Å². The summed E-state index contributed by atoms with van der Waals surface area (Å²) in [6.45, 7) is 0.293. The van der Waals surface area contributed by atoms with Crippen LogP contribution in [-0.2, 0) is 23.3 Å². The van der Waals surface area contributed by atoms with Crippen LogP contribution < -0.4 is 15.6 Å². The fraction of sp³-hybridized carbons (Fsp3) is 0.304. The van der Waals surface area contributed by atoms with Gasteiger partial charge in [-0.1, -0.05) is 12.1 Å². The van der Waals surface area contributed by atoms with E-state index in [1.807, 2.05) is 6.07 Å². The molecular formula is C23H23N5O4S. The maximum Gasteiger partial charge on any atom is 0.263 e. The van der Waals surface area contributed by atoms with Gasteiger partial charge in [-0.15, -0.1) is 0 Å². The van der Waals surface area contributed by atoms with Gasteiger partial charge in [-0.05, 0) is 42.7 Å². The number of pyridine rings is 2. The van der Waals surface area contributed by atoms with Crippen molar-refractivity contribution in [3.05, 3.63) is 69.6 Å². The predicted molar refractivity (Wildman–Crippen MR) is 124 cm³/mol. The number of nitrogens with one attached hydrogen (secondary N) is 2. The first-order valence-electron chi connectivity index (χ1n) is 10.3. The summed E-state index contributed by atoms with van der Waals surface area (Å²) in [4.78, 5) is 29.9. The molecule has 0 radical (unpaired) electrons. The molecule has 9 nitrogen and oxygen atoms in total. The van der Waals surface area contributed by atoms with Crippen LogP contribution in [0, 0.1) is 16.1 Å². The summed E-state index contributed by atoms with van der Waals surface area (Å²) in [7, 11) is -1.24. The van der Waals surface area contributed by atoms with Gasteiger partial charge in [0.25, 0.3) is 11.5 Å². The Balaban J connectivity index is 1.58. The standard InChI is InChI=1S/C23H23N5O4S/c1-28-19-17(7-10-26-21(19)32-14-23(8-9-23)33(2,25)31)11-18(22(28)30)20(29)27-13-16-5-3-15(12-24)4-6-16/h3-7,10-11,25H,8-9,13-14H2,1-2H3,(H,27,29). The maximum atomic E-state index is 13.0. The molecule has 1 saturated carbocycles. The molecule has 10 heteroatoms. The van der Waals surface area contributed by atoms with E-state index in [0.29, 0.717) is 29.3 Å². The normalized spacial score (nSPS) is 15.9. The monoisotopic (exact) mass is 465 g/mol. The Morgan fingerprint density at radius 1 is 1.33 bits per heavy atom. The van der Waals surface area contributed by atoms with Gasteiger partial charge >= 0.3 is 0 Å². The molecule has 0 saturated heterocycles. The number of nitrogens with zero attached hydrogens (tertiary/aromatic N) is 3. The van der Waals surface area contributed by atoms with Gasteiger partial charge in [-0.2, -0.15) is 5.26 Å². The molecule has 1 aliphatic rings. The van der Waals surface area contributed by atoms with Crippen molar-refractivity contribution in [3.63, 3.8) is 0 Å². The number of amides is 1. The lowest BCUT2D eigenvalue weighted by Gasteiger charge is -2.18. The molecule has 0 bridgehead atoms. The molecule has 3 aromatic rings. The second kappa shape index (κ2) is 8.33. The van der Waals surface area contributed by atoms with Crippen molar-refractivity contribution in [1.29, 1.82) is 10.0 Å². The second-order valence-corrected chi connectivity index (χ2v) is 10.8. The maximum absolute atomic E-state index is 13.0. The van der Waals surface area contributed by atoms with Gasteiger partial charge in [0.15, 0.2) is 0 Å². The molecule has 33 heavy (non-hydrogen) atoms. The molecule has 1 atom stereocenters.